The van der Waals surface area contributed by atoms with Gasteiger partial charge in [0.1, 0.15) is 0 Å². The third-order valence-electron chi connectivity index (χ3n) is 3.05. The number of benzene rings is 1. The fourth-order valence-electron chi connectivity index (χ4n) is 1.68. The number of ether oxygens (including phenoxy) is 1. The van der Waals surface area contributed by atoms with E-state index < -0.39 is 4.92 Å². The number of nitrogens with one attached hydrogen (secondary N) is 1. The number of thiocarbonyl (C=S) groups is 1. The van der Waals surface area contributed by atoms with E-state index in [2.05, 4.69) is 5.32 Å². The number of non-ortho nitro benzene ring substituents is 1. The van der Waals surface area contributed by atoms with Crippen molar-refractivity contribution in [2.45, 2.75) is 13.0 Å². The van der Waals surface area contributed by atoms with Crippen LogP contribution in [0.15, 0.2) is 24.3 Å². The summed E-state index contributed by atoms with van der Waals surface area (Å²) in [6.45, 7) is 3.14. The number of rotatable bonds is 6. The minimum atomic E-state index is -0.397. The minimum absolute atomic E-state index is 0.0579. The van der Waals surface area contributed by atoms with Crippen LogP contribution in [-0.4, -0.2) is 42.2 Å². The van der Waals surface area contributed by atoms with Crippen molar-refractivity contribution in [3.05, 3.63) is 39.9 Å². The van der Waals surface area contributed by atoms with Crippen molar-refractivity contribution in [3.63, 3.8) is 0 Å². The summed E-state index contributed by atoms with van der Waals surface area (Å²) in [7, 11) is 3.48. The smallest absolute Gasteiger partial charge is 0.269 e. The maximum atomic E-state index is 10.8. The summed E-state index contributed by atoms with van der Waals surface area (Å²) in [4.78, 5) is 12.3. The molecule has 110 valence electrons. The predicted molar refractivity (Wildman–Crippen MR) is 81.8 cm³/mol. The summed E-state index contributed by atoms with van der Waals surface area (Å²) in [6, 6.07) is 6.52. The normalized spacial score (nSPS) is 11.8. The lowest BCUT2D eigenvalue weighted by atomic mass is 10.1. The molecule has 1 aromatic rings. The van der Waals surface area contributed by atoms with E-state index in [0.29, 0.717) is 18.3 Å². The highest BCUT2D eigenvalue weighted by Crippen LogP contribution is 2.22. The Morgan fingerprint density at radius 3 is 2.90 bits per heavy atom. The van der Waals surface area contributed by atoms with Gasteiger partial charge in [0.15, 0.2) is 5.11 Å². The number of nitrogens with zero attached hydrogens (tertiary/aromatic N) is 2. The average Bonchev–Trinajstić information content (AvgIpc) is 2.45. The zero-order chi connectivity index (χ0) is 15.1. The first kappa shape index (κ1) is 16.3. The van der Waals surface area contributed by atoms with Crippen molar-refractivity contribution in [2.24, 2.45) is 0 Å². The second-order valence-corrected chi connectivity index (χ2v) is 4.75. The van der Waals surface area contributed by atoms with E-state index in [-0.39, 0.29) is 11.7 Å². The molecule has 1 N–H and O–H groups in total. The third kappa shape index (κ3) is 4.43. The summed E-state index contributed by atoms with van der Waals surface area (Å²) in [5.74, 6) is 0. The molecule has 7 heteroatoms. The van der Waals surface area contributed by atoms with E-state index in [4.69, 9.17) is 17.0 Å². The second kappa shape index (κ2) is 7.76. The molecule has 0 saturated carbocycles. The topological polar surface area (TPSA) is 67.6 Å². The molecular weight excluding hydrogens is 278 g/mol. The van der Waals surface area contributed by atoms with Gasteiger partial charge >= 0.3 is 0 Å². The second-order valence-electron chi connectivity index (χ2n) is 4.36. The molecule has 0 fully saturated rings. The highest BCUT2D eigenvalue weighted by molar-refractivity contribution is 7.80. The standard InChI is InChI=1S/C13H19N3O3S/c1-10(15(2)13(20)14-7-8-19-3)11-5-4-6-12(9-11)16(17)18/h4-6,9-10H,7-8H2,1-3H3,(H,14,20)/t10-/m0/s1. The van der Waals surface area contributed by atoms with Gasteiger partial charge < -0.3 is 15.0 Å². The molecule has 6 nitrogen and oxygen atoms in total. The molecular formula is C13H19N3O3S. The number of methoxy groups -OCH3 is 1. The number of nitro benzene ring substituents is 1. The lowest BCUT2D eigenvalue weighted by Gasteiger charge is -2.28. The van der Waals surface area contributed by atoms with Crippen molar-refractivity contribution in [1.82, 2.24) is 10.2 Å². The Balaban J connectivity index is 2.73. The Labute approximate surface area is 123 Å². The summed E-state index contributed by atoms with van der Waals surface area (Å²) in [6.07, 6.45) is 0. The first-order valence-corrected chi connectivity index (χ1v) is 6.62. The van der Waals surface area contributed by atoms with Gasteiger partial charge in [-0.2, -0.15) is 0 Å². The van der Waals surface area contributed by atoms with Crippen molar-refractivity contribution >= 4 is 23.0 Å². The molecule has 1 rings (SSSR count). The molecule has 0 aromatic heterocycles. The molecule has 0 saturated heterocycles. The molecule has 0 unspecified atom stereocenters. The van der Waals surface area contributed by atoms with Gasteiger partial charge in [0.2, 0.25) is 0 Å². The highest BCUT2D eigenvalue weighted by Gasteiger charge is 2.16. The minimum Gasteiger partial charge on any atom is -0.383 e. The first-order valence-electron chi connectivity index (χ1n) is 6.21. The van der Waals surface area contributed by atoms with Crippen LogP contribution >= 0.6 is 12.2 Å². The summed E-state index contributed by atoms with van der Waals surface area (Å²) < 4.78 is 4.94. The molecule has 0 aliphatic carbocycles. The maximum Gasteiger partial charge on any atom is 0.269 e. The van der Waals surface area contributed by atoms with Crippen LogP contribution in [0.2, 0.25) is 0 Å². The Bertz CT molecular complexity index is 482. The van der Waals surface area contributed by atoms with Gasteiger partial charge in [-0.3, -0.25) is 10.1 Å². The fraction of sp³-hybridized carbons (Fsp3) is 0.462. The van der Waals surface area contributed by atoms with Crippen molar-refractivity contribution in [1.29, 1.82) is 0 Å². The van der Waals surface area contributed by atoms with Crippen LogP contribution in [0.5, 0.6) is 0 Å². The van der Waals surface area contributed by atoms with Gasteiger partial charge in [-0.25, -0.2) is 0 Å². The SMILES string of the molecule is COCCNC(=S)N(C)[C@@H](C)c1cccc([N+](=O)[O-])c1. The van der Waals surface area contributed by atoms with Gasteiger partial charge in [-0.05, 0) is 24.7 Å². The largest absolute Gasteiger partial charge is 0.383 e. The van der Waals surface area contributed by atoms with Crippen LogP contribution in [0.25, 0.3) is 0 Å². The summed E-state index contributed by atoms with van der Waals surface area (Å²) >= 11 is 5.28. The van der Waals surface area contributed by atoms with Crippen molar-refractivity contribution in [3.8, 4) is 0 Å². The Morgan fingerprint density at radius 2 is 2.30 bits per heavy atom. The predicted octanol–water partition coefficient (Wildman–Crippen LogP) is 2.11. The molecule has 0 amide bonds. The number of hydrogen-bond acceptors (Lipinski definition) is 4. The lowest BCUT2D eigenvalue weighted by molar-refractivity contribution is -0.384. The van der Waals surface area contributed by atoms with Gasteiger partial charge in [0.25, 0.3) is 5.69 Å². The average molecular weight is 297 g/mol. The van der Waals surface area contributed by atoms with Crippen molar-refractivity contribution in [2.75, 3.05) is 27.3 Å². The summed E-state index contributed by atoms with van der Waals surface area (Å²) in [5.41, 5.74) is 0.929. The number of nitro groups is 1. The highest BCUT2D eigenvalue weighted by atomic mass is 32.1. The van der Waals surface area contributed by atoms with Crippen LogP contribution in [-0.2, 0) is 4.74 Å². The van der Waals surface area contributed by atoms with Gasteiger partial charge in [0, 0.05) is 32.8 Å². The molecule has 0 spiro atoms. The molecule has 20 heavy (non-hydrogen) atoms. The van der Waals surface area contributed by atoms with Gasteiger partial charge in [-0.1, -0.05) is 12.1 Å². The molecule has 1 aromatic carbocycles. The molecule has 1 atom stereocenters. The van der Waals surface area contributed by atoms with Crippen molar-refractivity contribution < 1.29 is 9.66 Å². The van der Waals surface area contributed by atoms with Crippen LogP contribution in [0.1, 0.15) is 18.5 Å². The van der Waals surface area contributed by atoms with E-state index in [0.717, 1.165) is 5.56 Å². The third-order valence-corrected chi connectivity index (χ3v) is 3.48. The zero-order valence-corrected chi connectivity index (χ0v) is 12.6. The van der Waals surface area contributed by atoms with E-state index in [1.165, 1.54) is 6.07 Å². The molecule has 0 bridgehead atoms. The van der Waals surface area contributed by atoms with Crippen LogP contribution in [0.4, 0.5) is 5.69 Å². The van der Waals surface area contributed by atoms with Crippen LogP contribution < -0.4 is 5.32 Å². The fourth-order valence-corrected chi connectivity index (χ4v) is 1.94. The lowest BCUT2D eigenvalue weighted by Crippen LogP contribution is -2.39. The molecule has 0 radical (unpaired) electrons. The number of hydrogen-bond donors (Lipinski definition) is 1. The van der Waals surface area contributed by atoms with Crippen LogP contribution in [0, 0.1) is 10.1 Å². The van der Waals surface area contributed by atoms with Gasteiger partial charge in [0.05, 0.1) is 17.6 Å². The molecule has 0 aliphatic heterocycles. The Morgan fingerprint density at radius 1 is 1.60 bits per heavy atom. The monoisotopic (exact) mass is 297 g/mol. The van der Waals surface area contributed by atoms with E-state index in [9.17, 15) is 10.1 Å². The van der Waals surface area contributed by atoms with E-state index in [1.807, 2.05) is 24.9 Å². The van der Waals surface area contributed by atoms with Crippen LogP contribution in [0.3, 0.4) is 0 Å². The summed E-state index contributed by atoms with van der Waals surface area (Å²) in [5, 5.41) is 14.4. The Hall–Kier alpha value is -1.73. The maximum absolute atomic E-state index is 10.8. The zero-order valence-electron chi connectivity index (χ0n) is 11.8. The molecule has 0 aliphatic rings. The molecule has 0 heterocycles. The first-order chi connectivity index (χ1) is 9.47. The van der Waals surface area contributed by atoms with E-state index in [1.54, 1.807) is 19.2 Å². The van der Waals surface area contributed by atoms with E-state index >= 15 is 0 Å². The van der Waals surface area contributed by atoms with Gasteiger partial charge in [-0.15, -0.1) is 0 Å². The quantitative estimate of drug-likeness (QED) is 0.375. The Kier molecular flexibility index (Phi) is 6.33.